The molecule has 0 unspecified atom stereocenters. The summed E-state index contributed by atoms with van der Waals surface area (Å²) < 4.78 is 28.1. The molecule has 0 saturated carbocycles. The number of hydrogen-bond donors (Lipinski definition) is 0. The molecule has 0 spiro atoms. The van der Waals surface area contributed by atoms with Crippen LogP contribution < -0.4 is 4.74 Å². The van der Waals surface area contributed by atoms with Crippen LogP contribution in [-0.2, 0) is 13.6 Å². The lowest BCUT2D eigenvalue weighted by atomic mass is 10.1. The van der Waals surface area contributed by atoms with Crippen LogP contribution in [0, 0.1) is 0 Å². The van der Waals surface area contributed by atoms with Gasteiger partial charge in [-0.3, -0.25) is 9.36 Å². The summed E-state index contributed by atoms with van der Waals surface area (Å²) in [6.45, 7) is 6.08. The quantitative estimate of drug-likeness (QED) is 0.368. The van der Waals surface area contributed by atoms with Gasteiger partial charge in [-0.2, -0.15) is 0 Å². The van der Waals surface area contributed by atoms with Crippen molar-refractivity contribution in [2.45, 2.75) is 20.8 Å². The maximum atomic E-state index is 12.2. The fourth-order valence-corrected chi connectivity index (χ4v) is 3.24. The van der Waals surface area contributed by atoms with Crippen LogP contribution in [0.4, 0.5) is 0 Å². The van der Waals surface area contributed by atoms with Crippen molar-refractivity contribution < 1.29 is 23.1 Å². The Bertz CT molecular complexity index is 543. The van der Waals surface area contributed by atoms with Gasteiger partial charge in [-0.1, -0.05) is 24.3 Å². The van der Waals surface area contributed by atoms with Gasteiger partial charge < -0.3 is 13.8 Å². The Morgan fingerprint density at radius 3 is 2.45 bits per heavy atom. The molecule has 1 aromatic rings. The molecule has 1 aromatic carbocycles. The smallest absolute Gasteiger partial charge is 0.334 e. The molecule has 1 rings (SSSR count). The number of Topliss-reactive ketones (excluding diaryl/α,β-unsaturated/α-hetero) is 1. The van der Waals surface area contributed by atoms with Crippen LogP contribution >= 0.6 is 7.60 Å². The standard InChI is InChI=1S/C16H23O5P/c1-4-20-22(18,21-5-2)12-7-6-11-19-16-10-8-9-15(13-16)14(3)17/h6-10,13H,4-5,11-12H2,1-3H3/b7-6+. The van der Waals surface area contributed by atoms with Crippen LogP contribution in [-0.4, -0.2) is 31.8 Å². The molecule has 0 N–H and O–H groups in total. The second-order valence-electron chi connectivity index (χ2n) is 4.50. The molecule has 0 aliphatic carbocycles. The fraction of sp³-hybridized carbons (Fsp3) is 0.438. The normalized spacial score (nSPS) is 11.8. The largest absolute Gasteiger partial charge is 0.490 e. The summed E-state index contributed by atoms with van der Waals surface area (Å²) in [5, 5.41) is 0. The molecule has 0 bridgehead atoms. The molecule has 0 heterocycles. The molecule has 0 fully saturated rings. The van der Waals surface area contributed by atoms with Crippen LogP contribution in [0.1, 0.15) is 31.1 Å². The van der Waals surface area contributed by atoms with Crippen molar-refractivity contribution in [2.75, 3.05) is 26.0 Å². The lowest BCUT2D eigenvalue weighted by molar-refractivity contribution is 0.101. The number of rotatable bonds is 10. The third-order valence-electron chi connectivity index (χ3n) is 2.73. The van der Waals surface area contributed by atoms with E-state index in [1.807, 2.05) is 0 Å². The van der Waals surface area contributed by atoms with Gasteiger partial charge >= 0.3 is 7.60 Å². The van der Waals surface area contributed by atoms with Crippen LogP contribution in [0.5, 0.6) is 5.75 Å². The van der Waals surface area contributed by atoms with Crippen molar-refractivity contribution >= 4 is 13.4 Å². The molecule has 5 nitrogen and oxygen atoms in total. The second kappa shape index (κ2) is 9.57. The first-order valence-corrected chi connectivity index (χ1v) is 9.00. The van der Waals surface area contributed by atoms with Crippen LogP contribution in [0.2, 0.25) is 0 Å². The van der Waals surface area contributed by atoms with E-state index in [1.54, 1.807) is 50.3 Å². The zero-order valence-electron chi connectivity index (χ0n) is 13.3. The summed E-state index contributed by atoms with van der Waals surface area (Å²) in [6.07, 6.45) is 3.69. The Balaban J connectivity index is 2.47. The molecule has 0 aliphatic heterocycles. The zero-order chi connectivity index (χ0) is 16.4. The van der Waals surface area contributed by atoms with E-state index in [1.165, 1.54) is 6.92 Å². The highest BCUT2D eigenvalue weighted by Gasteiger charge is 2.20. The molecule has 0 aliphatic rings. The third-order valence-corrected chi connectivity index (χ3v) is 4.70. The van der Waals surface area contributed by atoms with Gasteiger partial charge in [0.2, 0.25) is 0 Å². The minimum Gasteiger partial charge on any atom is -0.490 e. The summed E-state index contributed by atoms with van der Waals surface area (Å²) in [5.74, 6) is 0.616. The van der Waals surface area contributed by atoms with Gasteiger partial charge in [0.05, 0.1) is 19.4 Å². The summed E-state index contributed by atoms with van der Waals surface area (Å²) in [5.41, 5.74) is 0.610. The SMILES string of the molecule is CCOP(=O)(C/C=C/COc1cccc(C(C)=O)c1)OCC. The van der Waals surface area contributed by atoms with Crippen LogP contribution in [0.3, 0.4) is 0 Å². The van der Waals surface area contributed by atoms with Crippen molar-refractivity contribution in [3.8, 4) is 5.75 Å². The van der Waals surface area contributed by atoms with Crippen LogP contribution in [0.15, 0.2) is 36.4 Å². The highest BCUT2D eigenvalue weighted by Crippen LogP contribution is 2.47. The molecule has 0 aromatic heterocycles. The number of carbonyl (C=O) groups is 1. The average Bonchev–Trinajstić information content (AvgIpc) is 2.47. The summed E-state index contributed by atoms with van der Waals surface area (Å²) in [7, 11) is -3.04. The Kier molecular flexibility index (Phi) is 8.10. The summed E-state index contributed by atoms with van der Waals surface area (Å²) in [4.78, 5) is 11.3. The minimum atomic E-state index is -3.04. The summed E-state index contributed by atoms with van der Waals surface area (Å²) >= 11 is 0. The predicted molar refractivity (Wildman–Crippen MR) is 86.8 cm³/mol. The Hall–Kier alpha value is -1.42. The Morgan fingerprint density at radius 1 is 1.18 bits per heavy atom. The van der Waals surface area contributed by atoms with Gasteiger partial charge in [-0.25, -0.2) is 0 Å². The highest BCUT2D eigenvalue weighted by molar-refractivity contribution is 7.54. The number of allylic oxidation sites excluding steroid dienone is 1. The van der Waals surface area contributed by atoms with E-state index in [0.29, 0.717) is 31.1 Å². The lowest BCUT2D eigenvalue weighted by Gasteiger charge is -2.14. The maximum absolute atomic E-state index is 12.2. The van der Waals surface area contributed by atoms with Crippen LogP contribution in [0.25, 0.3) is 0 Å². The number of hydrogen-bond acceptors (Lipinski definition) is 5. The highest BCUT2D eigenvalue weighted by atomic mass is 31.2. The molecule has 0 atom stereocenters. The lowest BCUT2D eigenvalue weighted by Crippen LogP contribution is -1.99. The summed E-state index contributed by atoms with van der Waals surface area (Å²) in [6, 6.07) is 6.99. The van der Waals surface area contributed by atoms with Crippen molar-refractivity contribution in [1.29, 1.82) is 0 Å². The van der Waals surface area contributed by atoms with Gasteiger partial charge in [0, 0.05) is 5.56 Å². The third kappa shape index (κ3) is 6.56. The number of carbonyl (C=O) groups excluding carboxylic acids is 1. The topological polar surface area (TPSA) is 61.8 Å². The van der Waals surface area contributed by atoms with E-state index in [9.17, 15) is 9.36 Å². The number of ketones is 1. The Morgan fingerprint density at radius 2 is 1.86 bits per heavy atom. The Labute approximate surface area is 131 Å². The van der Waals surface area contributed by atoms with Gasteiger partial charge in [0.25, 0.3) is 0 Å². The van der Waals surface area contributed by atoms with E-state index >= 15 is 0 Å². The van der Waals surface area contributed by atoms with E-state index in [0.717, 1.165) is 0 Å². The number of benzene rings is 1. The first-order valence-electron chi connectivity index (χ1n) is 7.27. The van der Waals surface area contributed by atoms with E-state index in [-0.39, 0.29) is 11.9 Å². The molecule has 22 heavy (non-hydrogen) atoms. The molecular weight excluding hydrogens is 303 g/mol. The van der Waals surface area contributed by atoms with Crippen molar-refractivity contribution in [3.05, 3.63) is 42.0 Å². The molecule has 6 heteroatoms. The van der Waals surface area contributed by atoms with Gasteiger partial charge in [0.1, 0.15) is 12.4 Å². The van der Waals surface area contributed by atoms with Crippen molar-refractivity contribution in [3.63, 3.8) is 0 Å². The number of ether oxygens (including phenoxy) is 1. The van der Waals surface area contributed by atoms with Crippen molar-refractivity contribution in [1.82, 2.24) is 0 Å². The van der Waals surface area contributed by atoms with Gasteiger partial charge in [0.15, 0.2) is 5.78 Å². The first kappa shape index (κ1) is 18.6. The van der Waals surface area contributed by atoms with E-state index in [4.69, 9.17) is 13.8 Å². The van der Waals surface area contributed by atoms with Crippen molar-refractivity contribution in [2.24, 2.45) is 0 Å². The van der Waals surface area contributed by atoms with Gasteiger partial charge in [-0.15, -0.1) is 0 Å². The zero-order valence-corrected chi connectivity index (χ0v) is 14.2. The molecule has 0 amide bonds. The molecular formula is C16H23O5P. The monoisotopic (exact) mass is 326 g/mol. The maximum Gasteiger partial charge on any atom is 0.334 e. The predicted octanol–water partition coefficient (Wildman–Crippen LogP) is 4.09. The van der Waals surface area contributed by atoms with Gasteiger partial charge in [-0.05, 0) is 32.9 Å². The van der Waals surface area contributed by atoms with E-state index < -0.39 is 7.60 Å². The average molecular weight is 326 g/mol. The fourth-order valence-electron chi connectivity index (χ4n) is 1.76. The second-order valence-corrected chi connectivity index (χ2v) is 6.60. The molecule has 0 radical (unpaired) electrons. The molecule has 122 valence electrons. The first-order chi connectivity index (χ1) is 10.5. The minimum absolute atomic E-state index is 0.00430. The van der Waals surface area contributed by atoms with E-state index in [2.05, 4.69) is 0 Å². The molecule has 0 saturated heterocycles.